The smallest absolute Gasteiger partial charge is 0.230 e. The number of thiazole rings is 1. The molecule has 0 amide bonds. The lowest BCUT2D eigenvalue weighted by Crippen LogP contribution is -2.29. The number of hydrogen-bond acceptors (Lipinski definition) is 5. The van der Waals surface area contributed by atoms with Crippen LogP contribution in [0.5, 0.6) is 5.88 Å². The number of benzene rings is 1. The van der Waals surface area contributed by atoms with Gasteiger partial charge < -0.3 is 5.11 Å². The molecule has 1 unspecified atom stereocenters. The molecule has 0 radical (unpaired) electrons. The molecule has 0 fully saturated rings. The van der Waals surface area contributed by atoms with Gasteiger partial charge in [0.25, 0.3) is 0 Å². The van der Waals surface area contributed by atoms with Crippen LogP contribution in [0.2, 0.25) is 5.02 Å². The molecule has 2 aromatic heterocycles. The fourth-order valence-corrected chi connectivity index (χ4v) is 3.98. The van der Waals surface area contributed by atoms with E-state index in [9.17, 15) is 5.11 Å². The maximum Gasteiger partial charge on any atom is 0.230 e. The van der Waals surface area contributed by atoms with Crippen molar-refractivity contribution in [3.63, 3.8) is 0 Å². The van der Waals surface area contributed by atoms with Crippen molar-refractivity contribution >= 4 is 27.9 Å². The summed E-state index contributed by atoms with van der Waals surface area (Å²) < 4.78 is 1.47. The Kier molecular flexibility index (Phi) is 4.33. The van der Waals surface area contributed by atoms with Gasteiger partial charge in [-0.3, -0.25) is 4.90 Å². The first-order valence-corrected chi connectivity index (χ1v) is 8.36. The van der Waals surface area contributed by atoms with Crippen molar-refractivity contribution in [3.05, 3.63) is 46.1 Å². The molecule has 0 aliphatic carbocycles. The Morgan fingerprint density at radius 2 is 2.05 bits per heavy atom. The van der Waals surface area contributed by atoms with E-state index in [1.807, 2.05) is 24.3 Å². The van der Waals surface area contributed by atoms with Crippen LogP contribution in [-0.4, -0.2) is 37.7 Å². The SMILES string of the molecule is CCN(CC)C(c1ccccc1Cl)c1sc2ncnn2c1O. The number of aromatic hydroxyl groups is 1. The summed E-state index contributed by atoms with van der Waals surface area (Å²) >= 11 is 7.85. The Balaban J connectivity index is 2.19. The van der Waals surface area contributed by atoms with E-state index in [-0.39, 0.29) is 11.9 Å². The monoisotopic (exact) mass is 336 g/mol. The highest BCUT2D eigenvalue weighted by Gasteiger charge is 2.28. The third-order valence-corrected chi connectivity index (χ3v) is 5.20. The van der Waals surface area contributed by atoms with Crippen molar-refractivity contribution in [2.24, 2.45) is 0 Å². The zero-order chi connectivity index (χ0) is 15.7. The average Bonchev–Trinajstić information content (AvgIpc) is 3.09. The van der Waals surface area contributed by atoms with Gasteiger partial charge in [0.2, 0.25) is 10.8 Å². The molecule has 3 aromatic rings. The van der Waals surface area contributed by atoms with Crippen LogP contribution in [0.25, 0.3) is 4.96 Å². The minimum atomic E-state index is -0.114. The van der Waals surface area contributed by atoms with E-state index in [1.54, 1.807) is 0 Å². The first-order valence-electron chi connectivity index (χ1n) is 7.17. The van der Waals surface area contributed by atoms with E-state index in [2.05, 4.69) is 28.8 Å². The third kappa shape index (κ3) is 2.47. The summed E-state index contributed by atoms with van der Waals surface area (Å²) in [5, 5.41) is 15.3. The molecule has 0 aliphatic rings. The largest absolute Gasteiger partial charge is 0.492 e. The molecule has 116 valence electrons. The molecule has 3 rings (SSSR count). The van der Waals surface area contributed by atoms with Crippen LogP contribution in [0.15, 0.2) is 30.6 Å². The molecule has 0 bridgehead atoms. The highest BCUT2D eigenvalue weighted by Crippen LogP contribution is 2.41. The molecule has 0 aliphatic heterocycles. The fraction of sp³-hybridized carbons (Fsp3) is 0.333. The lowest BCUT2D eigenvalue weighted by Gasteiger charge is -2.29. The topological polar surface area (TPSA) is 53.7 Å². The van der Waals surface area contributed by atoms with Crippen molar-refractivity contribution < 1.29 is 5.11 Å². The number of halogens is 1. The van der Waals surface area contributed by atoms with E-state index in [1.165, 1.54) is 22.2 Å². The molecular weight excluding hydrogens is 320 g/mol. The van der Waals surface area contributed by atoms with Crippen molar-refractivity contribution in [1.29, 1.82) is 0 Å². The van der Waals surface area contributed by atoms with E-state index < -0.39 is 0 Å². The first-order chi connectivity index (χ1) is 10.7. The zero-order valence-corrected chi connectivity index (χ0v) is 14.0. The van der Waals surface area contributed by atoms with Crippen LogP contribution in [0, 0.1) is 0 Å². The molecule has 7 heteroatoms. The highest BCUT2D eigenvalue weighted by molar-refractivity contribution is 7.17. The van der Waals surface area contributed by atoms with Crippen molar-refractivity contribution in [2.45, 2.75) is 19.9 Å². The van der Waals surface area contributed by atoms with Gasteiger partial charge in [0.05, 0.1) is 10.9 Å². The van der Waals surface area contributed by atoms with E-state index >= 15 is 0 Å². The van der Waals surface area contributed by atoms with Crippen LogP contribution in [0.3, 0.4) is 0 Å². The molecule has 1 atom stereocenters. The van der Waals surface area contributed by atoms with Crippen LogP contribution >= 0.6 is 22.9 Å². The van der Waals surface area contributed by atoms with Gasteiger partial charge in [0.15, 0.2) is 0 Å². The van der Waals surface area contributed by atoms with Crippen LogP contribution in [0.4, 0.5) is 0 Å². The van der Waals surface area contributed by atoms with Gasteiger partial charge in [0, 0.05) is 5.02 Å². The normalized spacial score (nSPS) is 13.1. The quantitative estimate of drug-likeness (QED) is 0.773. The minimum Gasteiger partial charge on any atom is -0.492 e. The lowest BCUT2D eigenvalue weighted by molar-refractivity contribution is 0.248. The Labute approximate surface area is 137 Å². The number of fused-ring (bicyclic) bond motifs is 1. The van der Waals surface area contributed by atoms with Gasteiger partial charge >= 0.3 is 0 Å². The molecular formula is C15H17ClN4OS. The Bertz CT molecular complexity index is 781. The summed E-state index contributed by atoms with van der Waals surface area (Å²) in [6.45, 7) is 5.89. The van der Waals surface area contributed by atoms with E-state index in [0.29, 0.717) is 9.98 Å². The van der Waals surface area contributed by atoms with Gasteiger partial charge in [-0.15, -0.1) is 0 Å². The van der Waals surface area contributed by atoms with Gasteiger partial charge in [0.1, 0.15) is 6.33 Å². The maximum absolute atomic E-state index is 10.5. The summed E-state index contributed by atoms with van der Waals surface area (Å²) in [7, 11) is 0. The predicted molar refractivity (Wildman–Crippen MR) is 88.7 cm³/mol. The average molecular weight is 337 g/mol. The molecule has 2 heterocycles. The third-order valence-electron chi connectivity index (χ3n) is 3.76. The molecule has 1 N–H and O–H groups in total. The summed E-state index contributed by atoms with van der Waals surface area (Å²) in [5.41, 5.74) is 0.979. The van der Waals surface area contributed by atoms with Gasteiger partial charge in [-0.25, -0.2) is 4.98 Å². The summed E-state index contributed by atoms with van der Waals surface area (Å²) in [4.78, 5) is 7.91. The number of rotatable bonds is 5. The second-order valence-electron chi connectivity index (χ2n) is 4.89. The number of aromatic nitrogens is 3. The predicted octanol–water partition coefficient (Wildman–Crippen LogP) is 3.58. The van der Waals surface area contributed by atoms with Crippen molar-refractivity contribution in [1.82, 2.24) is 19.5 Å². The highest BCUT2D eigenvalue weighted by atomic mass is 35.5. The van der Waals surface area contributed by atoms with Gasteiger partial charge in [-0.05, 0) is 24.7 Å². The lowest BCUT2D eigenvalue weighted by atomic mass is 10.0. The van der Waals surface area contributed by atoms with Crippen LogP contribution in [-0.2, 0) is 0 Å². The molecule has 0 spiro atoms. The Morgan fingerprint density at radius 1 is 1.32 bits per heavy atom. The fourth-order valence-electron chi connectivity index (χ4n) is 2.66. The van der Waals surface area contributed by atoms with E-state index in [4.69, 9.17) is 11.6 Å². The Hall–Kier alpha value is -1.63. The molecule has 22 heavy (non-hydrogen) atoms. The molecule has 0 saturated heterocycles. The maximum atomic E-state index is 10.5. The number of nitrogens with zero attached hydrogens (tertiary/aromatic N) is 4. The first kappa shape index (κ1) is 15.3. The van der Waals surface area contributed by atoms with Crippen molar-refractivity contribution in [2.75, 3.05) is 13.1 Å². The van der Waals surface area contributed by atoms with Gasteiger partial charge in [-0.1, -0.05) is 55.0 Å². The second kappa shape index (κ2) is 6.24. The molecule has 1 aromatic carbocycles. The summed E-state index contributed by atoms with van der Waals surface area (Å²) in [6.07, 6.45) is 1.44. The second-order valence-corrected chi connectivity index (χ2v) is 6.31. The minimum absolute atomic E-state index is 0.114. The standard InChI is InChI=1S/C15H17ClN4OS/c1-3-19(4-2)12(10-7-5-6-8-11(10)16)13-14(21)20-15(22-13)17-9-18-20/h5-9,12,21H,3-4H2,1-2H3. The van der Waals surface area contributed by atoms with Crippen LogP contribution < -0.4 is 0 Å². The molecule has 0 saturated carbocycles. The summed E-state index contributed by atoms with van der Waals surface area (Å²) in [6, 6.07) is 7.64. The molecule has 5 nitrogen and oxygen atoms in total. The van der Waals surface area contributed by atoms with Crippen LogP contribution in [0.1, 0.15) is 30.3 Å². The van der Waals surface area contributed by atoms with Gasteiger partial charge in [-0.2, -0.15) is 9.61 Å². The zero-order valence-electron chi connectivity index (χ0n) is 12.4. The summed E-state index contributed by atoms with van der Waals surface area (Å²) in [5.74, 6) is 0.134. The van der Waals surface area contributed by atoms with Crippen molar-refractivity contribution in [3.8, 4) is 5.88 Å². The number of hydrogen-bond donors (Lipinski definition) is 1. The Morgan fingerprint density at radius 3 is 2.68 bits per heavy atom. The van der Waals surface area contributed by atoms with E-state index in [0.717, 1.165) is 23.5 Å².